The van der Waals surface area contributed by atoms with Gasteiger partial charge < -0.3 is 15.0 Å². The van der Waals surface area contributed by atoms with Crippen molar-refractivity contribution in [2.75, 3.05) is 19.6 Å². The van der Waals surface area contributed by atoms with Gasteiger partial charge in [-0.3, -0.25) is 4.79 Å². The maximum atomic E-state index is 12.0. The van der Waals surface area contributed by atoms with Gasteiger partial charge in [0.25, 0.3) is 0 Å². The average molecular weight is 254 g/mol. The number of amides is 1. The lowest BCUT2D eigenvalue weighted by Crippen LogP contribution is -2.47. The Labute approximate surface area is 110 Å². The molecule has 2 rings (SSSR count). The Morgan fingerprint density at radius 1 is 1.28 bits per heavy atom. The normalized spacial score (nSPS) is 29.8. The van der Waals surface area contributed by atoms with Crippen LogP contribution in [-0.2, 0) is 9.53 Å². The van der Waals surface area contributed by atoms with Crippen LogP contribution < -0.4 is 5.32 Å². The van der Waals surface area contributed by atoms with Gasteiger partial charge in [-0.05, 0) is 47.0 Å². The van der Waals surface area contributed by atoms with Crippen LogP contribution in [0, 0.1) is 0 Å². The Hall–Kier alpha value is -0.610. The van der Waals surface area contributed by atoms with Crippen LogP contribution in [0.5, 0.6) is 0 Å². The average Bonchev–Trinajstić information content (AvgIpc) is 2.80. The second-order valence-corrected chi connectivity index (χ2v) is 6.69. The van der Waals surface area contributed by atoms with Crippen LogP contribution in [0.3, 0.4) is 0 Å². The minimum absolute atomic E-state index is 0.0993. The molecule has 2 heterocycles. The van der Waals surface area contributed by atoms with Crippen molar-refractivity contribution in [1.82, 2.24) is 10.2 Å². The van der Waals surface area contributed by atoms with Crippen LogP contribution in [0.15, 0.2) is 0 Å². The van der Waals surface area contributed by atoms with Crippen LogP contribution >= 0.6 is 0 Å². The zero-order chi connectivity index (χ0) is 13.4. The van der Waals surface area contributed by atoms with E-state index in [2.05, 4.69) is 33.0 Å². The van der Waals surface area contributed by atoms with Gasteiger partial charge in [-0.15, -0.1) is 0 Å². The standard InChI is InChI=1S/C14H26N2O2/c1-13(2)9-11(14(3,4)18-13)15-10-12(17)16-7-5-6-8-16/h11,15H,5-10H2,1-4H3. The molecule has 0 radical (unpaired) electrons. The summed E-state index contributed by atoms with van der Waals surface area (Å²) in [6.45, 7) is 10.7. The molecule has 2 saturated heterocycles. The van der Waals surface area contributed by atoms with E-state index < -0.39 is 0 Å². The Bertz CT molecular complexity index is 320. The second kappa shape index (κ2) is 4.82. The number of nitrogens with zero attached hydrogens (tertiary/aromatic N) is 1. The van der Waals surface area contributed by atoms with E-state index in [9.17, 15) is 4.79 Å². The predicted molar refractivity (Wildman–Crippen MR) is 71.5 cm³/mol. The first kappa shape index (κ1) is 13.8. The molecule has 1 N–H and O–H groups in total. The lowest BCUT2D eigenvalue weighted by Gasteiger charge is -2.28. The monoisotopic (exact) mass is 254 g/mol. The number of nitrogens with one attached hydrogen (secondary N) is 1. The SMILES string of the molecule is CC1(C)CC(NCC(=O)N2CCCC2)C(C)(C)O1. The summed E-state index contributed by atoms with van der Waals surface area (Å²) in [6, 6.07) is 0.249. The summed E-state index contributed by atoms with van der Waals surface area (Å²) in [5.74, 6) is 0.230. The van der Waals surface area contributed by atoms with E-state index in [1.807, 2.05) is 4.90 Å². The molecule has 2 fully saturated rings. The highest BCUT2D eigenvalue weighted by atomic mass is 16.5. The highest BCUT2D eigenvalue weighted by Crippen LogP contribution is 2.37. The van der Waals surface area contributed by atoms with Gasteiger partial charge in [0.2, 0.25) is 5.91 Å². The number of ether oxygens (including phenoxy) is 1. The van der Waals surface area contributed by atoms with E-state index in [0.717, 1.165) is 32.4 Å². The molecule has 0 aromatic heterocycles. The molecule has 0 spiro atoms. The topological polar surface area (TPSA) is 41.6 Å². The fourth-order valence-corrected chi connectivity index (χ4v) is 3.17. The molecule has 1 unspecified atom stereocenters. The molecule has 104 valence electrons. The van der Waals surface area contributed by atoms with Crippen molar-refractivity contribution in [3.8, 4) is 0 Å². The van der Waals surface area contributed by atoms with Gasteiger partial charge in [-0.2, -0.15) is 0 Å². The number of carbonyl (C=O) groups is 1. The van der Waals surface area contributed by atoms with Crippen LogP contribution in [0.25, 0.3) is 0 Å². The fraction of sp³-hybridized carbons (Fsp3) is 0.929. The molecular weight excluding hydrogens is 228 g/mol. The number of rotatable bonds is 3. The molecule has 4 nitrogen and oxygen atoms in total. The summed E-state index contributed by atoms with van der Waals surface area (Å²) < 4.78 is 6.02. The van der Waals surface area contributed by atoms with Crippen molar-refractivity contribution in [2.24, 2.45) is 0 Å². The van der Waals surface area contributed by atoms with Crippen molar-refractivity contribution < 1.29 is 9.53 Å². The van der Waals surface area contributed by atoms with Crippen LogP contribution in [-0.4, -0.2) is 47.7 Å². The second-order valence-electron chi connectivity index (χ2n) is 6.69. The minimum atomic E-state index is -0.200. The number of carbonyl (C=O) groups excluding carboxylic acids is 1. The zero-order valence-corrected chi connectivity index (χ0v) is 12.1. The molecule has 18 heavy (non-hydrogen) atoms. The van der Waals surface area contributed by atoms with Gasteiger partial charge in [0.1, 0.15) is 0 Å². The van der Waals surface area contributed by atoms with Gasteiger partial charge in [-0.1, -0.05) is 0 Å². The summed E-state index contributed by atoms with van der Waals surface area (Å²) in [4.78, 5) is 14.0. The van der Waals surface area contributed by atoms with Gasteiger partial charge in [0.05, 0.1) is 17.7 Å². The van der Waals surface area contributed by atoms with Gasteiger partial charge in [0, 0.05) is 19.1 Å². The van der Waals surface area contributed by atoms with Crippen LogP contribution in [0.4, 0.5) is 0 Å². The molecule has 0 aliphatic carbocycles. The molecule has 0 aromatic rings. The third-order valence-corrected chi connectivity index (χ3v) is 4.03. The molecule has 4 heteroatoms. The Kier molecular flexibility index (Phi) is 3.70. The third kappa shape index (κ3) is 3.04. The summed E-state index contributed by atoms with van der Waals surface area (Å²) in [7, 11) is 0. The lowest BCUT2D eigenvalue weighted by atomic mass is 9.94. The summed E-state index contributed by atoms with van der Waals surface area (Å²) in [6.07, 6.45) is 3.25. The number of hydrogen-bond donors (Lipinski definition) is 1. The first-order valence-electron chi connectivity index (χ1n) is 7.01. The summed E-state index contributed by atoms with van der Waals surface area (Å²) >= 11 is 0. The van der Waals surface area contributed by atoms with Crippen molar-refractivity contribution in [2.45, 2.75) is 64.2 Å². The summed E-state index contributed by atoms with van der Waals surface area (Å²) in [5.41, 5.74) is -0.299. The molecule has 0 saturated carbocycles. The first-order chi connectivity index (χ1) is 8.30. The molecule has 1 amide bonds. The van der Waals surface area contributed by atoms with Crippen molar-refractivity contribution >= 4 is 5.91 Å². The van der Waals surface area contributed by atoms with E-state index in [0.29, 0.717) is 6.54 Å². The lowest BCUT2D eigenvalue weighted by molar-refractivity contribution is -0.129. The highest BCUT2D eigenvalue weighted by molar-refractivity contribution is 5.78. The van der Waals surface area contributed by atoms with E-state index in [1.54, 1.807) is 0 Å². The predicted octanol–water partition coefficient (Wildman–Crippen LogP) is 1.54. The van der Waals surface area contributed by atoms with E-state index in [1.165, 1.54) is 0 Å². The molecule has 0 aromatic carbocycles. The van der Waals surface area contributed by atoms with Gasteiger partial charge in [0.15, 0.2) is 0 Å². The van der Waals surface area contributed by atoms with E-state index in [4.69, 9.17) is 4.74 Å². The third-order valence-electron chi connectivity index (χ3n) is 4.03. The van der Waals surface area contributed by atoms with E-state index >= 15 is 0 Å². The minimum Gasteiger partial charge on any atom is -0.368 e. The maximum absolute atomic E-state index is 12.0. The quantitative estimate of drug-likeness (QED) is 0.831. The molecule has 0 bridgehead atoms. The molecule has 2 aliphatic rings. The van der Waals surface area contributed by atoms with Crippen LogP contribution in [0.2, 0.25) is 0 Å². The highest BCUT2D eigenvalue weighted by Gasteiger charge is 2.45. The van der Waals surface area contributed by atoms with Crippen molar-refractivity contribution in [3.05, 3.63) is 0 Å². The van der Waals surface area contributed by atoms with Crippen LogP contribution in [0.1, 0.15) is 47.0 Å². The van der Waals surface area contributed by atoms with E-state index in [-0.39, 0.29) is 23.2 Å². The zero-order valence-electron chi connectivity index (χ0n) is 12.1. The largest absolute Gasteiger partial charge is 0.368 e. The molecular formula is C14H26N2O2. The van der Waals surface area contributed by atoms with Gasteiger partial charge in [-0.25, -0.2) is 0 Å². The molecule has 2 aliphatic heterocycles. The smallest absolute Gasteiger partial charge is 0.236 e. The maximum Gasteiger partial charge on any atom is 0.236 e. The Balaban J connectivity index is 1.84. The van der Waals surface area contributed by atoms with Crippen molar-refractivity contribution in [3.63, 3.8) is 0 Å². The van der Waals surface area contributed by atoms with Gasteiger partial charge >= 0.3 is 0 Å². The number of likely N-dealkylation sites (tertiary alicyclic amines) is 1. The summed E-state index contributed by atoms with van der Waals surface area (Å²) in [5, 5.41) is 3.39. The van der Waals surface area contributed by atoms with Crippen molar-refractivity contribution in [1.29, 1.82) is 0 Å². The Morgan fingerprint density at radius 3 is 2.39 bits per heavy atom. The fourth-order valence-electron chi connectivity index (χ4n) is 3.17. The Morgan fingerprint density at radius 2 is 1.89 bits per heavy atom. The number of hydrogen-bond acceptors (Lipinski definition) is 3. The molecule has 1 atom stereocenters. The first-order valence-corrected chi connectivity index (χ1v) is 7.01.